The van der Waals surface area contributed by atoms with Crippen molar-refractivity contribution in [2.75, 3.05) is 26.1 Å². The molecule has 0 radical (unpaired) electrons. The number of nitrogens with one attached hydrogen (secondary N) is 1. The van der Waals surface area contributed by atoms with E-state index in [1.165, 1.54) is 0 Å². The Morgan fingerprint density at radius 3 is 2.62 bits per heavy atom. The van der Waals surface area contributed by atoms with Gasteiger partial charge in [-0.2, -0.15) is 0 Å². The predicted octanol–water partition coefficient (Wildman–Crippen LogP) is 2.11. The Morgan fingerprint density at radius 1 is 1.48 bits per heavy atom. The van der Waals surface area contributed by atoms with Crippen molar-refractivity contribution in [1.82, 2.24) is 0 Å². The van der Waals surface area contributed by atoms with Gasteiger partial charge in [0.05, 0.1) is 17.6 Å². The molecule has 0 unspecified atom stereocenters. The number of methoxy groups -OCH3 is 2. The Bertz CT molecular complexity index is 586. The van der Waals surface area contributed by atoms with E-state index in [-0.39, 0.29) is 17.0 Å². The lowest BCUT2D eigenvalue weighted by atomic mass is 10.1. The fourth-order valence-electron chi connectivity index (χ4n) is 1.97. The summed E-state index contributed by atoms with van der Waals surface area (Å²) < 4.78 is 23.5. The number of carbonyl (C=O) groups excluding carboxylic acids is 1. The van der Waals surface area contributed by atoms with Gasteiger partial charge in [-0.25, -0.2) is 9.18 Å². The summed E-state index contributed by atoms with van der Waals surface area (Å²) >= 11 is 0. The zero-order valence-electron chi connectivity index (χ0n) is 11.6. The van der Waals surface area contributed by atoms with E-state index in [0.717, 1.165) is 32.1 Å². The minimum atomic E-state index is -0.960. The summed E-state index contributed by atoms with van der Waals surface area (Å²) in [5.74, 6) is -1.84. The van der Waals surface area contributed by atoms with E-state index < -0.39 is 22.3 Å². The first kappa shape index (κ1) is 15.2. The molecule has 0 heterocycles. The Balaban J connectivity index is 2.29. The Morgan fingerprint density at radius 2 is 2.14 bits per heavy atom. The second-order valence-electron chi connectivity index (χ2n) is 4.84. The van der Waals surface area contributed by atoms with Gasteiger partial charge in [-0.05, 0) is 12.8 Å². The van der Waals surface area contributed by atoms with Crippen LogP contribution in [0.15, 0.2) is 12.1 Å². The summed E-state index contributed by atoms with van der Waals surface area (Å²) in [5, 5.41) is 13.9. The van der Waals surface area contributed by atoms with E-state index in [9.17, 15) is 19.3 Å². The van der Waals surface area contributed by atoms with Crippen molar-refractivity contribution >= 4 is 17.3 Å². The van der Waals surface area contributed by atoms with E-state index in [0.29, 0.717) is 6.54 Å². The number of benzene rings is 1. The fraction of sp³-hybridized carbons (Fsp3) is 0.462. The van der Waals surface area contributed by atoms with Gasteiger partial charge in [0.2, 0.25) is 0 Å². The van der Waals surface area contributed by atoms with Crippen molar-refractivity contribution < 1.29 is 23.6 Å². The van der Waals surface area contributed by atoms with Crippen LogP contribution in [-0.2, 0) is 9.47 Å². The molecule has 0 saturated heterocycles. The lowest BCUT2D eigenvalue weighted by Gasteiger charge is -2.15. The van der Waals surface area contributed by atoms with Gasteiger partial charge in [0.25, 0.3) is 5.69 Å². The molecule has 1 N–H and O–H groups in total. The largest absolute Gasteiger partial charge is 0.465 e. The third kappa shape index (κ3) is 3.10. The smallest absolute Gasteiger partial charge is 0.341 e. The number of nitro groups is 1. The number of hydrogen-bond acceptors (Lipinski definition) is 6. The molecule has 1 aliphatic rings. The van der Waals surface area contributed by atoms with Crippen molar-refractivity contribution in [2.45, 2.75) is 18.4 Å². The molecule has 8 heteroatoms. The molecule has 0 spiro atoms. The predicted molar refractivity (Wildman–Crippen MR) is 71.9 cm³/mol. The van der Waals surface area contributed by atoms with Crippen LogP contribution < -0.4 is 5.32 Å². The first-order valence-corrected chi connectivity index (χ1v) is 6.28. The number of ether oxygens (including phenoxy) is 2. The van der Waals surface area contributed by atoms with Crippen LogP contribution >= 0.6 is 0 Å². The van der Waals surface area contributed by atoms with Crippen molar-refractivity contribution in [3.63, 3.8) is 0 Å². The topological polar surface area (TPSA) is 90.7 Å². The Hall–Kier alpha value is -2.22. The highest BCUT2D eigenvalue weighted by molar-refractivity contribution is 5.91. The number of esters is 1. The maximum atomic E-state index is 13.9. The molecule has 0 aromatic heterocycles. The summed E-state index contributed by atoms with van der Waals surface area (Å²) in [6.45, 7) is 0.335. The second kappa shape index (κ2) is 5.65. The number of nitro benzene ring substituents is 1. The van der Waals surface area contributed by atoms with E-state index in [1.54, 1.807) is 7.11 Å². The molecule has 2 rings (SSSR count). The van der Waals surface area contributed by atoms with Gasteiger partial charge in [-0.1, -0.05) is 0 Å². The van der Waals surface area contributed by atoms with Crippen LogP contribution in [0.4, 0.5) is 15.8 Å². The van der Waals surface area contributed by atoms with Gasteiger partial charge in [0, 0.05) is 25.8 Å². The highest BCUT2D eigenvalue weighted by Crippen LogP contribution is 2.39. The van der Waals surface area contributed by atoms with Crippen LogP contribution in [0.5, 0.6) is 0 Å². The van der Waals surface area contributed by atoms with E-state index in [1.807, 2.05) is 0 Å². The number of nitrogens with zero attached hydrogens (tertiary/aromatic N) is 1. The molecule has 1 saturated carbocycles. The van der Waals surface area contributed by atoms with Gasteiger partial charge in [0.15, 0.2) is 0 Å². The minimum absolute atomic E-state index is 0.00785. The van der Waals surface area contributed by atoms with Crippen LogP contribution in [0.1, 0.15) is 23.2 Å². The SMILES string of the molecule is COC(=O)c1cc([N+](=O)[O-])c(NCC2(OC)CC2)cc1F. The van der Waals surface area contributed by atoms with E-state index in [2.05, 4.69) is 10.1 Å². The zero-order chi connectivity index (χ0) is 15.6. The molecule has 7 nitrogen and oxygen atoms in total. The van der Waals surface area contributed by atoms with Gasteiger partial charge >= 0.3 is 5.97 Å². The van der Waals surface area contributed by atoms with Gasteiger partial charge in [-0.3, -0.25) is 10.1 Å². The standard InChI is InChI=1S/C13H15FN2O5/c1-20-12(17)8-5-11(16(18)19)10(6-9(8)14)15-7-13(21-2)3-4-13/h5-6,15H,3-4,7H2,1-2H3. The number of hydrogen-bond donors (Lipinski definition) is 1. The fourth-order valence-corrected chi connectivity index (χ4v) is 1.97. The van der Waals surface area contributed by atoms with Crippen molar-refractivity contribution in [3.8, 4) is 0 Å². The Labute approximate surface area is 120 Å². The Kier molecular flexibility index (Phi) is 4.08. The molecule has 1 aromatic carbocycles. The maximum absolute atomic E-state index is 13.9. The lowest BCUT2D eigenvalue weighted by molar-refractivity contribution is -0.384. The third-order valence-corrected chi connectivity index (χ3v) is 3.53. The molecule has 1 aromatic rings. The molecule has 1 aliphatic carbocycles. The molecule has 0 aliphatic heterocycles. The average Bonchev–Trinajstić information content (AvgIpc) is 3.24. The third-order valence-electron chi connectivity index (χ3n) is 3.53. The second-order valence-corrected chi connectivity index (χ2v) is 4.84. The number of halogens is 1. The zero-order valence-corrected chi connectivity index (χ0v) is 11.6. The lowest BCUT2D eigenvalue weighted by Crippen LogP contribution is -2.24. The molecule has 0 atom stereocenters. The number of rotatable bonds is 6. The number of anilines is 1. The maximum Gasteiger partial charge on any atom is 0.341 e. The molecule has 0 amide bonds. The summed E-state index contributed by atoms with van der Waals surface area (Å²) in [6.07, 6.45) is 1.68. The minimum Gasteiger partial charge on any atom is -0.465 e. The van der Waals surface area contributed by atoms with Crippen LogP contribution in [0, 0.1) is 15.9 Å². The van der Waals surface area contributed by atoms with Crippen LogP contribution in [0.2, 0.25) is 0 Å². The highest BCUT2D eigenvalue weighted by atomic mass is 19.1. The van der Waals surface area contributed by atoms with E-state index in [4.69, 9.17) is 4.74 Å². The van der Waals surface area contributed by atoms with Gasteiger partial charge in [-0.15, -0.1) is 0 Å². The summed E-state index contributed by atoms with van der Waals surface area (Å²) in [6, 6.07) is 1.80. The summed E-state index contributed by atoms with van der Waals surface area (Å²) in [7, 11) is 2.64. The monoisotopic (exact) mass is 298 g/mol. The normalized spacial score (nSPS) is 15.4. The molecule has 0 bridgehead atoms. The summed E-state index contributed by atoms with van der Waals surface area (Å²) in [5.41, 5.74) is -1.19. The molecule has 1 fully saturated rings. The van der Waals surface area contributed by atoms with Gasteiger partial charge < -0.3 is 14.8 Å². The van der Waals surface area contributed by atoms with Crippen LogP contribution in [0.25, 0.3) is 0 Å². The van der Waals surface area contributed by atoms with Crippen molar-refractivity contribution in [1.29, 1.82) is 0 Å². The van der Waals surface area contributed by atoms with Gasteiger partial charge in [0.1, 0.15) is 17.1 Å². The first-order valence-electron chi connectivity index (χ1n) is 6.28. The first-order chi connectivity index (χ1) is 9.92. The molecular weight excluding hydrogens is 283 g/mol. The summed E-state index contributed by atoms with van der Waals surface area (Å²) in [4.78, 5) is 21.8. The van der Waals surface area contributed by atoms with Crippen LogP contribution in [-0.4, -0.2) is 37.3 Å². The molecule has 114 valence electrons. The molecular formula is C13H15FN2O5. The van der Waals surface area contributed by atoms with Crippen molar-refractivity contribution in [3.05, 3.63) is 33.6 Å². The quantitative estimate of drug-likeness (QED) is 0.491. The number of carbonyl (C=O) groups is 1. The average molecular weight is 298 g/mol. The van der Waals surface area contributed by atoms with Crippen LogP contribution in [0.3, 0.4) is 0 Å². The highest BCUT2D eigenvalue weighted by Gasteiger charge is 2.43. The van der Waals surface area contributed by atoms with E-state index >= 15 is 0 Å². The van der Waals surface area contributed by atoms with Crippen molar-refractivity contribution in [2.24, 2.45) is 0 Å². The molecule has 21 heavy (non-hydrogen) atoms.